The van der Waals surface area contributed by atoms with E-state index in [0.717, 1.165) is 6.42 Å². The van der Waals surface area contributed by atoms with Gasteiger partial charge in [-0.05, 0) is 31.0 Å². The first-order valence-corrected chi connectivity index (χ1v) is 6.58. The molecule has 0 aliphatic rings. The summed E-state index contributed by atoms with van der Waals surface area (Å²) >= 11 is 0. The van der Waals surface area contributed by atoms with Gasteiger partial charge in [-0.3, -0.25) is 0 Å². The monoisotopic (exact) mass is 266 g/mol. The van der Waals surface area contributed by atoms with Crippen molar-refractivity contribution in [2.24, 2.45) is 5.92 Å². The number of hydrogen-bond donors (Lipinski definition) is 1. The zero-order chi connectivity index (χ0) is 14.3. The zero-order valence-electron chi connectivity index (χ0n) is 11.8. The molecule has 0 spiro atoms. The summed E-state index contributed by atoms with van der Waals surface area (Å²) in [6.07, 6.45) is 1.03. The quantitative estimate of drug-likeness (QED) is 0.734. The number of benzene rings is 1. The van der Waals surface area contributed by atoms with E-state index in [-0.39, 0.29) is 11.7 Å². The van der Waals surface area contributed by atoms with Gasteiger partial charge in [-0.15, -0.1) is 0 Å². The molecule has 19 heavy (non-hydrogen) atoms. The maximum Gasteiger partial charge on any atom is 0.335 e. The number of ether oxygens (including phenoxy) is 2. The van der Waals surface area contributed by atoms with Gasteiger partial charge in [0.15, 0.2) is 0 Å². The Kier molecular flexibility index (Phi) is 6.36. The Bertz CT molecular complexity index is 401. The Morgan fingerprint density at radius 2 is 2.00 bits per heavy atom. The Hall–Kier alpha value is -1.55. The Labute approximate surface area is 114 Å². The molecule has 0 heterocycles. The van der Waals surface area contributed by atoms with Gasteiger partial charge in [0.1, 0.15) is 5.75 Å². The second-order valence-corrected chi connectivity index (χ2v) is 4.85. The molecule has 1 unspecified atom stereocenters. The summed E-state index contributed by atoms with van der Waals surface area (Å²) in [4.78, 5) is 10.8. The van der Waals surface area contributed by atoms with Crippen molar-refractivity contribution in [3.8, 4) is 5.75 Å². The Morgan fingerprint density at radius 1 is 1.26 bits per heavy atom. The number of carboxylic acids is 1. The molecule has 1 aromatic rings. The van der Waals surface area contributed by atoms with Crippen LogP contribution in [0.25, 0.3) is 0 Å². The second kappa shape index (κ2) is 7.79. The van der Waals surface area contributed by atoms with Crippen molar-refractivity contribution < 1.29 is 19.4 Å². The minimum Gasteiger partial charge on any atom is -0.493 e. The van der Waals surface area contributed by atoms with E-state index in [1.54, 1.807) is 18.2 Å². The van der Waals surface area contributed by atoms with Crippen LogP contribution >= 0.6 is 0 Å². The summed E-state index contributed by atoms with van der Waals surface area (Å²) in [5.41, 5.74) is 0.238. The minimum atomic E-state index is -0.945. The standard InChI is InChI=1S/C15H22O4/c1-11(2)12(3)18-8-5-9-19-14-7-4-6-13(10-14)15(16)17/h4,6-7,10-12H,5,8-9H2,1-3H3,(H,16,17). The maximum atomic E-state index is 10.8. The fourth-order valence-electron chi connectivity index (χ4n) is 1.43. The van der Waals surface area contributed by atoms with Crippen molar-refractivity contribution in [3.63, 3.8) is 0 Å². The van der Waals surface area contributed by atoms with Crippen LogP contribution in [0.5, 0.6) is 5.75 Å². The Morgan fingerprint density at radius 3 is 2.63 bits per heavy atom. The lowest BCUT2D eigenvalue weighted by Crippen LogP contribution is -2.17. The number of carbonyl (C=O) groups is 1. The van der Waals surface area contributed by atoms with Crippen molar-refractivity contribution in [2.75, 3.05) is 13.2 Å². The summed E-state index contributed by atoms with van der Waals surface area (Å²) in [6.45, 7) is 7.48. The van der Waals surface area contributed by atoms with Crippen LogP contribution in [-0.2, 0) is 4.74 Å². The molecular formula is C15H22O4. The van der Waals surface area contributed by atoms with Crippen LogP contribution in [0.15, 0.2) is 24.3 Å². The van der Waals surface area contributed by atoms with Crippen LogP contribution in [-0.4, -0.2) is 30.4 Å². The molecule has 0 saturated carbocycles. The molecule has 0 aliphatic carbocycles. The van der Waals surface area contributed by atoms with Gasteiger partial charge < -0.3 is 14.6 Å². The summed E-state index contributed by atoms with van der Waals surface area (Å²) in [5, 5.41) is 8.86. The highest BCUT2D eigenvalue weighted by Gasteiger charge is 2.07. The summed E-state index contributed by atoms with van der Waals surface area (Å²) in [6, 6.07) is 6.50. The zero-order valence-corrected chi connectivity index (χ0v) is 11.8. The summed E-state index contributed by atoms with van der Waals surface area (Å²) in [7, 11) is 0. The number of hydrogen-bond acceptors (Lipinski definition) is 3. The van der Waals surface area contributed by atoms with Gasteiger partial charge in [-0.25, -0.2) is 4.79 Å². The average molecular weight is 266 g/mol. The molecule has 4 heteroatoms. The van der Waals surface area contributed by atoms with Crippen LogP contribution in [0.3, 0.4) is 0 Å². The number of rotatable bonds is 8. The lowest BCUT2D eigenvalue weighted by Gasteiger charge is -2.16. The van der Waals surface area contributed by atoms with E-state index in [0.29, 0.717) is 24.9 Å². The molecule has 4 nitrogen and oxygen atoms in total. The molecular weight excluding hydrogens is 244 g/mol. The molecule has 1 atom stereocenters. The van der Waals surface area contributed by atoms with Gasteiger partial charge in [0.25, 0.3) is 0 Å². The number of carboxylic acid groups (broad SMARTS) is 1. The summed E-state index contributed by atoms with van der Waals surface area (Å²) < 4.78 is 11.1. The van der Waals surface area contributed by atoms with Crippen molar-refractivity contribution in [1.29, 1.82) is 0 Å². The van der Waals surface area contributed by atoms with E-state index in [2.05, 4.69) is 20.8 Å². The topological polar surface area (TPSA) is 55.8 Å². The highest BCUT2D eigenvalue weighted by atomic mass is 16.5. The predicted molar refractivity (Wildman–Crippen MR) is 73.8 cm³/mol. The van der Waals surface area contributed by atoms with E-state index in [9.17, 15) is 4.79 Å². The van der Waals surface area contributed by atoms with E-state index >= 15 is 0 Å². The molecule has 106 valence electrons. The first kappa shape index (κ1) is 15.5. The highest BCUT2D eigenvalue weighted by molar-refractivity contribution is 5.87. The fraction of sp³-hybridized carbons (Fsp3) is 0.533. The van der Waals surface area contributed by atoms with Gasteiger partial charge >= 0.3 is 5.97 Å². The lowest BCUT2D eigenvalue weighted by atomic mass is 10.1. The van der Waals surface area contributed by atoms with E-state index in [1.165, 1.54) is 6.07 Å². The van der Waals surface area contributed by atoms with Gasteiger partial charge in [-0.1, -0.05) is 19.9 Å². The van der Waals surface area contributed by atoms with Crippen LogP contribution in [0, 0.1) is 5.92 Å². The highest BCUT2D eigenvalue weighted by Crippen LogP contribution is 2.13. The minimum absolute atomic E-state index is 0.238. The Balaban J connectivity index is 2.26. The van der Waals surface area contributed by atoms with Crippen molar-refractivity contribution in [3.05, 3.63) is 29.8 Å². The normalized spacial score (nSPS) is 12.4. The molecule has 0 saturated heterocycles. The lowest BCUT2D eigenvalue weighted by molar-refractivity contribution is 0.0291. The van der Waals surface area contributed by atoms with Crippen molar-refractivity contribution >= 4 is 5.97 Å². The molecule has 0 amide bonds. The molecule has 0 radical (unpaired) electrons. The first-order valence-electron chi connectivity index (χ1n) is 6.58. The molecule has 0 fully saturated rings. The average Bonchev–Trinajstić information content (AvgIpc) is 2.38. The van der Waals surface area contributed by atoms with Gasteiger partial charge in [0, 0.05) is 6.42 Å². The van der Waals surface area contributed by atoms with E-state index in [4.69, 9.17) is 14.6 Å². The van der Waals surface area contributed by atoms with E-state index < -0.39 is 5.97 Å². The van der Waals surface area contributed by atoms with Gasteiger partial charge in [0.2, 0.25) is 0 Å². The van der Waals surface area contributed by atoms with Crippen LogP contribution in [0.2, 0.25) is 0 Å². The molecule has 1 aromatic carbocycles. The number of aromatic carboxylic acids is 1. The molecule has 1 N–H and O–H groups in total. The largest absolute Gasteiger partial charge is 0.493 e. The van der Waals surface area contributed by atoms with E-state index in [1.807, 2.05) is 0 Å². The third-order valence-corrected chi connectivity index (χ3v) is 2.96. The molecule has 0 aliphatic heterocycles. The third kappa shape index (κ3) is 5.75. The fourth-order valence-corrected chi connectivity index (χ4v) is 1.43. The first-order chi connectivity index (χ1) is 9.00. The van der Waals surface area contributed by atoms with Crippen LogP contribution < -0.4 is 4.74 Å². The SMILES string of the molecule is CC(C)C(C)OCCCOc1cccc(C(=O)O)c1. The smallest absolute Gasteiger partial charge is 0.335 e. The van der Waals surface area contributed by atoms with Crippen LogP contribution in [0.4, 0.5) is 0 Å². The summed E-state index contributed by atoms with van der Waals surface area (Å²) in [5.74, 6) is 0.143. The molecule has 0 bridgehead atoms. The van der Waals surface area contributed by atoms with Crippen molar-refractivity contribution in [2.45, 2.75) is 33.3 Å². The van der Waals surface area contributed by atoms with Gasteiger partial charge in [0.05, 0.1) is 24.9 Å². The van der Waals surface area contributed by atoms with Crippen molar-refractivity contribution in [1.82, 2.24) is 0 Å². The molecule has 0 aromatic heterocycles. The van der Waals surface area contributed by atoms with Crippen LogP contribution in [0.1, 0.15) is 37.6 Å². The van der Waals surface area contributed by atoms with Gasteiger partial charge in [-0.2, -0.15) is 0 Å². The predicted octanol–water partition coefficient (Wildman–Crippen LogP) is 3.21. The maximum absolute atomic E-state index is 10.8. The second-order valence-electron chi connectivity index (χ2n) is 4.85. The molecule has 1 rings (SSSR count). The third-order valence-electron chi connectivity index (χ3n) is 2.96.